The van der Waals surface area contributed by atoms with E-state index >= 15 is 0 Å². The second-order valence-electron chi connectivity index (χ2n) is 10.5. The van der Waals surface area contributed by atoms with Crippen molar-refractivity contribution in [3.05, 3.63) is 51.9 Å². The summed E-state index contributed by atoms with van der Waals surface area (Å²) in [5.74, 6) is 0.458. The number of primary amides is 1. The monoisotopic (exact) mass is 575 g/mol. The summed E-state index contributed by atoms with van der Waals surface area (Å²) in [7, 11) is 0. The van der Waals surface area contributed by atoms with Gasteiger partial charge < -0.3 is 39.8 Å². The number of hydrogen-bond acceptors (Lipinski definition) is 13. The zero-order valence-corrected chi connectivity index (χ0v) is 22.6. The molecule has 15 nitrogen and oxygen atoms in total. The molecule has 1 saturated carbocycles. The summed E-state index contributed by atoms with van der Waals surface area (Å²) >= 11 is 0. The number of aromatic nitrogens is 5. The fourth-order valence-corrected chi connectivity index (χ4v) is 5.64. The van der Waals surface area contributed by atoms with Crippen molar-refractivity contribution < 1.29 is 22.9 Å². The molecule has 5 aromatic heterocycles. The average molecular weight is 576 g/mol. The lowest BCUT2D eigenvalue weighted by atomic mass is 9.91. The van der Waals surface area contributed by atoms with E-state index in [0.29, 0.717) is 60.8 Å². The summed E-state index contributed by atoms with van der Waals surface area (Å²) in [4.78, 5) is 36.3. The zero-order valence-electron chi connectivity index (χ0n) is 22.6. The number of amides is 1. The highest BCUT2D eigenvalue weighted by Crippen LogP contribution is 2.33. The molecule has 1 aliphatic heterocycles. The number of carbonyl (C=O) groups is 1. The van der Waals surface area contributed by atoms with Gasteiger partial charge in [-0.15, -0.1) is 0 Å². The Bertz CT molecular complexity index is 1830. The number of furan rings is 1. The Morgan fingerprint density at radius 1 is 1.14 bits per heavy atom. The Hall–Kier alpha value is -4.76. The Morgan fingerprint density at radius 2 is 1.98 bits per heavy atom. The first kappa shape index (κ1) is 26.2. The van der Waals surface area contributed by atoms with Crippen LogP contribution in [0.3, 0.4) is 0 Å². The van der Waals surface area contributed by atoms with Crippen molar-refractivity contribution in [1.29, 1.82) is 0 Å². The van der Waals surface area contributed by atoms with Gasteiger partial charge in [-0.1, -0.05) is 18.0 Å². The predicted molar refractivity (Wildman–Crippen MR) is 149 cm³/mol. The molecule has 0 bridgehead atoms. The van der Waals surface area contributed by atoms with E-state index in [2.05, 4.69) is 20.6 Å². The Morgan fingerprint density at radius 3 is 2.79 bits per heavy atom. The minimum atomic E-state index is -0.696. The molecule has 2 atom stereocenters. The average Bonchev–Trinajstić information content (AvgIpc) is 3.75. The van der Waals surface area contributed by atoms with Crippen molar-refractivity contribution in [2.75, 3.05) is 36.5 Å². The molecule has 1 saturated heterocycles. The number of ether oxygens (including phenoxy) is 1. The van der Waals surface area contributed by atoms with Gasteiger partial charge in [0.25, 0.3) is 5.91 Å². The molecule has 5 aromatic rings. The molecule has 2 aliphatic rings. The van der Waals surface area contributed by atoms with Crippen LogP contribution >= 0.6 is 0 Å². The second kappa shape index (κ2) is 10.6. The molecule has 218 valence electrons. The SMILES string of the molecule is NC(=O)c1c(Cc2cc(-c3coc4c(=O)cc(N5CCOCC5)oc34)on2)nc(N[C@H]2CCCC[C@H]2N)n2ncnc12. The number of rotatable bonds is 7. The van der Waals surface area contributed by atoms with Crippen molar-refractivity contribution in [1.82, 2.24) is 24.7 Å². The summed E-state index contributed by atoms with van der Waals surface area (Å²) in [6, 6.07) is 3.05. The van der Waals surface area contributed by atoms with Gasteiger partial charge >= 0.3 is 0 Å². The number of carbonyl (C=O) groups excluding carboxylic acids is 1. The van der Waals surface area contributed by atoms with Crippen LogP contribution in [0.1, 0.15) is 47.4 Å². The van der Waals surface area contributed by atoms with Crippen LogP contribution in [0.2, 0.25) is 0 Å². The molecule has 0 aromatic carbocycles. The minimum Gasteiger partial charge on any atom is -0.456 e. The van der Waals surface area contributed by atoms with E-state index in [0.717, 1.165) is 25.7 Å². The van der Waals surface area contributed by atoms with Gasteiger partial charge in [0.2, 0.25) is 17.0 Å². The summed E-state index contributed by atoms with van der Waals surface area (Å²) in [5.41, 5.74) is 13.8. The Kier molecular flexibility index (Phi) is 6.59. The van der Waals surface area contributed by atoms with Crippen LogP contribution < -0.4 is 27.1 Å². The van der Waals surface area contributed by atoms with Crippen LogP contribution in [0.25, 0.3) is 28.1 Å². The van der Waals surface area contributed by atoms with Crippen LogP contribution in [0, 0.1) is 0 Å². The summed E-state index contributed by atoms with van der Waals surface area (Å²) in [6.07, 6.45) is 6.77. The highest BCUT2D eigenvalue weighted by molar-refractivity contribution is 6.00. The number of morpholine rings is 1. The molecule has 15 heteroatoms. The molecule has 6 heterocycles. The first-order valence-corrected chi connectivity index (χ1v) is 13.8. The van der Waals surface area contributed by atoms with Crippen molar-refractivity contribution >= 4 is 34.6 Å². The summed E-state index contributed by atoms with van der Waals surface area (Å²) in [5, 5.41) is 11.9. The number of anilines is 2. The molecule has 0 radical (unpaired) electrons. The lowest BCUT2D eigenvalue weighted by Gasteiger charge is -2.29. The third-order valence-electron chi connectivity index (χ3n) is 7.81. The van der Waals surface area contributed by atoms with E-state index in [4.69, 9.17) is 34.5 Å². The molecule has 0 unspecified atom stereocenters. The van der Waals surface area contributed by atoms with Crippen LogP contribution in [0.4, 0.5) is 11.8 Å². The van der Waals surface area contributed by atoms with E-state index in [1.54, 1.807) is 6.07 Å². The zero-order chi connectivity index (χ0) is 28.8. The number of hydrogen-bond donors (Lipinski definition) is 3. The van der Waals surface area contributed by atoms with Gasteiger partial charge in [0, 0.05) is 37.7 Å². The molecule has 5 N–H and O–H groups in total. The first-order valence-electron chi connectivity index (χ1n) is 13.8. The molecule has 0 spiro atoms. The van der Waals surface area contributed by atoms with Crippen LogP contribution in [0.5, 0.6) is 0 Å². The smallest absolute Gasteiger partial charge is 0.254 e. The maximum absolute atomic E-state index is 12.8. The van der Waals surface area contributed by atoms with Gasteiger partial charge in [0.05, 0.1) is 30.7 Å². The van der Waals surface area contributed by atoms with Gasteiger partial charge in [0.15, 0.2) is 22.9 Å². The standard InChI is InChI=1S/C27H29N9O6/c28-16-3-1-2-4-17(16)32-27-33-18(22(25(29)38)26-30-13-31-36(26)27)9-14-10-20(42-34-14)15-12-40-24-19(37)11-21(41-23(15)24)35-5-7-39-8-6-35/h10-13,16-17H,1-9,28H2,(H2,29,38)(H,32,33)/t16-,17+/m1/s1. The highest BCUT2D eigenvalue weighted by Gasteiger charge is 2.27. The summed E-state index contributed by atoms with van der Waals surface area (Å²) < 4.78 is 24.2. The fourth-order valence-electron chi connectivity index (χ4n) is 5.64. The largest absolute Gasteiger partial charge is 0.456 e. The quantitative estimate of drug-likeness (QED) is 0.253. The van der Waals surface area contributed by atoms with E-state index in [-0.39, 0.29) is 46.3 Å². The Balaban J connectivity index is 1.23. The molecule has 1 amide bonds. The number of nitrogens with zero attached hydrogens (tertiary/aromatic N) is 6. The first-order chi connectivity index (χ1) is 20.5. The van der Waals surface area contributed by atoms with Crippen LogP contribution in [-0.2, 0) is 11.2 Å². The normalized spacial score (nSPS) is 19.5. The number of fused-ring (bicyclic) bond motifs is 2. The fraction of sp³-hybridized carbons (Fsp3) is 0.407. The van der Waals surface area contributed by atoms with Crippen molar-refractivity contribution in [2.24, 2.45) is 11.5 Å². The third kappa shape index (κ3) is 4.65. The van der Waals surface area contributed by atoms with E-state index in [1.165, 1.54) is 23.2 Å². The Labute approximate surface area is 237 Å². The molecular formula is C27H29N9O6. The predicted octanol–water partition coefficient (Wildman–Crippen LogP) is 1.69. The van der Waals surface area contributed by atoms with E-state index < -0.39 is 5.91 Å². The molecule has 1 aliphatic carbocycles. The lowest BCUT2D eigenvalue weighted by Crippen LogP contribution is -2.43. The van der Waals surface area contributed by atoms with E-state index in [9.17, 15) is 9.59 Å². The van der Waals surface area contributed by atoms with Gasteiger partial charge in [-0.25, -0.2) is 9.97 Å². The number of nitrogens with one attached hydrogen (secondary N) is 1. The van der Waals surface area contributed by atoms with Crippen LogP contribution in [0.15, 0.2) is 42.9 Å². The minimum absolute atomic E-state index is 0.00374. The maximum Gasteiger partial charge on any atom is 0.254 e. The van der Waals surface area contributed by atoms with Crippen molar-refractivity contribution in [2.45, 2.75) is 44.2 Å². The summed E-state index contributed by atoms with van der Waals surface area (Å²) in [6.45, 7) is 2.28. The second-order valence-corrected chi connectivity index (χ2v) is 10.5. The van der Waals surface area contributed by atoms with Gasteiger partial charge in [-0.2, -0.15) is 9.61 Å². The van der Waals surface area contributed by atoms with Crippen LogP contribution in [-0.4, -0.2) is 69.0 Å². The number of nitrogens with two attached hydrogens (primary N) is 2. The molecular weight excluding hydrogens is 546 g/mol. The molecule has 7 rings (SSSR count). The van der Waals surface area contributed by atoms with Crippen molar-refractivity contribution in [3.63, 3.8) is 0 Å². The lowest BCUT2D eigenvalue weighted by molar-refractivity contribution is 0.1000. The molecule has 42 heavy (non-hydrogen) atoms. The topological polar surface area (TPSA) is 206 Å². The third-order valence-corrected chi connectivity index (χ3v) is 7.81. The van der Waals surface area contributed by atoms with Gasteiger partial charge in [-0.05, 0) is 12.8 Å². The van der Waals surface area contributed by atoms with Gasteiger partial charge in [-0.3, -0.25) is 9.59 Å². The maximum atomic E-state index is 12.8. The van der Waals surface area contributed by atoms with Crippen molar-refractivity contribution in [3.8, 4) is 11.3 Å². The highest BCUT2D eigenvalue weighted by atomic mass is 16.5. The molecule has 2 fully saturated rings. The van der Waals surface area contributed by atoms with E-state index in [1.807, 2.05) is 4.90 Å². The van der Waals surface area contributed by atoms with Gasteiger partial charge in [0.1, 0.15) is 23.7 Å².